The molecule has 2 N–H and O–H groups in total. The average Bonchev–Trinajstić information content (AvgIpc) is 2.38. The van der Waals surface area contributed by atoms with Gasteiger partial charge in [-0.15, -0.1) is 0 Å². The normalized spacial score (nSPS) is 10.8. The Kier molecular flexibility index (Phi) is 7.14. The summed E-state index contributed by atoms with van der Waals surface area (Å²) < 4.78 is 0. The van der Waals surface area contributed by atoms with E-state index in [1.807, 2.05) is 13.8 Å². The molecule has 0 aliphatic carbocycles. The van der Waals surface area contributed by atoms with Crippen LogP contribution in [0, 0.1) is 6.92 Å². The molecule has 0 aliphatic heterocycles. The standard InChI is InChI=1S/C15H25NO.C2H6/c1-7-11-9-13(15(4,5)6)14(17-16)12(8-2)10(11)3;1-2/h9H,7-8,16H2,1-6H3;1-2H3. The summed E-state index contributed by atoms with van der Waals surface area (Å²) in [5.74, 6) is 6.35. The molecule has 0 heterocycles. The molecule has 2 heteroatoms. The SMILES string of the molecule is CC.CCc1cc(C(C)(C)C)c(ON)c(CC)c1C. The van der Waals surface area contributed by atoms with Gasteiger partial charge in [0.25, 0.3) is 0 Å². The lowest BCUT2D eigenvalue weighted by Crippen LogP contribution is -2.18. The Balaban J connectivity index is 0.00000154. The second kappa shape index (κ2) is 7.54. The van der Waals surface area contributed by atoms with Gasteiger partial charge in [0.2, 0.25) is 0 Å². The maximum absolute atomic E-state index is 5.48. The maximum Gasteiger partial charge on any atom is 0.154 e. The van der Waals surface area contributed by atoms with Crippen LogP contribution in [0.1, 0.15) is 70.7 Å². The Morgan fingerprint density at radius 3 is 1.95 bits per heavy atom. The third-order valence-corrected chi connectivity index (χ3v) is 3.43. The van der Waals surface area contributed by atoms with Gasteiger partial charge in [0.05, 0.1) is 0 Å². The smallest absolute Gasteiger partial charge is 0.154 e. The minimum atomic E-state index is 0.0518. The van der Waals surface area contributed by atoms with E-state index in [1.165, 1.54) is 22.3 Å². The van der Waals surface area contributed by atoms with Gasteiger partial charge in [0, 0.05) is 5.56 Å². The Morgan fingerprint density at radius 1 is 1.11 bits per heavy atom. The highest BCUT2D eigenvalue weighted by molar-refractivity contribution is 5.52. The van der Waals surface area contributed by atoms with Crippen LogP contribution in [0.2, 0.25) is 0 Å². The summed E-state index contributed by atoms with van der Waals surface area (Å²) in [5, 5.41) is 0. The molecule has 19 heavy (non-hydrogen) atoms. The van der Waals surface area contributed by atoms with Crippen LogP contribution >= 0.6 is 0 Å². The Bertz CT molecular complexity index is 403. The fourth-order valence-corrected chi connectivity index (χ4v) is 2.36. The third-order valence-electron chi connectivity index (χ3n) is 3.43. The molecular weight excluding hydrogens is 234 g/mol. The zero-order valence-electron chi connectivity index (χ0n) is 14.0. The van der Waals surface area contributed by atoms with E-state index in [9.17, 15) is 0 Å². The minimum Gasteiger partial charge on any atom is -0.411 e. The first-order chi connectivity index (χ1) is 8.86. The summed E-state index contributed by atoms with van der Waals surface area (Å²) in [5.41, 5.74) is 5.23. The summed E-state index contributed by atoms with van der Waals surface area (Å²) in [6.07, 6.45) is 2.00. The first kappa shape index (κ1) is 18.0. The Hall–Kier alpha value is -1.02. The van der Waals surface area contributed by atoms with Crippen LogP contribution in [0.15, 0.2) is 6.07 Å². The van der Waals surface area contributed by atoms with Crippen molar-refractivity contribution < 1.29 is 4.84 Å². The molecule has 0 unspecified atom stereocenters. The highest BCUT2D eigenvalue weighted by Gasteiger charge is 2.23. The molecule has 0 aromatic heterocycles. The van der Waals surface area contributed by atoms with E-state index in [1.54, 1.807) is 0 Å². The molecular formula is C17H31NO. The summed E-state index contributed by atoms with van der Waals surface area (Å²) >= 11 is 0. The molecule has 0 saturated carbocycles. The van der Waals surface area contributed by atoms with Gasteiger partial charge in [-0.05, 0) is 41.9 Å². The monoisotopic (exact) mass is 265 g/mol. The second-order valence-corrected chi connectivity index (χ2v) is 5.59. The van der Waals surface area contributed by atoms with Gasteiger partial charge >= 0.3 is 0 Å². The van der Waals surface area contributed by atoms with Gasteiger partial charge in [0.15, 0.2) is 5.75 Å². The van der Waals surface area contributed by atoms with E-state index < -0.39 is 0 Å². The molecule has 0 radical (unpaired) electrons. The lowest BCUT2D eigenvalue weighted by molar-refractivity contribution is 0.320. The maximum atomic E-state index is 5.48. The van der Waals surface area contributed by atoms with Gasteiger partial charge in [-0.25, -0.2) is 0 Å². The van der Waals surface area contributed by atoms with Gasteiger partial charge in [-0.3, -0.25) is 0 Å². The molecule has 0 bridgehead atoms. The van der Waals surface area contributed by atoms with Crippen molar-refractivity contribution in [2.24, 2.45) is 5.90 Å². The lowest BCUT2D eigenvalue weighted by Gasteiger charge is -2.26. The van der Waals surface area contributed by atoms with E-state index >= 15 is 0 Å². The largest absolute Gasteiger partial charge is 0.411 e. The highest BCUT2D eigenvalue weighted by atomic mass is 16.6. The molecule has 2 nitrogen and oxygen atoms in total. The summed E-state index contributed by atoms with van der Waals surface area (Å²) in [6, 6.07) is 2.25. The Morgan fingerprint density at radius 2 is 1.63 bits per heavy atom. The fourth-order valence-electron chi connectivity index (χ4n) is 2.36. The van der Waals surface area contributed by atoms with Crippen molar-refractivity contribution >= 4 is 0 Å². The minimum absolute atomic E-state index is 0.0518. The number of aryl methyl sites for hydroxylation is 1. The van der Waals surface area contributed by atoms with Gasteiger partial charge in [-0.2, -0.15) is 5.90 Å². The van der Waals surface area contributed by atoms with Crippen molar-refractivity contribution in [3.05, 3.63) is 28.3 Å². The molecule has 1 aromatic rings. The van der Waals surface area contributed by atoms with Crippen molar-refractivity contribution in [2.45, 2.75) is 73.6 Å². The zero-order chi connectivity index (χ0) is 15.2. The van der Waals surface area contributed by atoms with E-state index in [2.05, 4.69) is 47.6 Å². The number of nitrogens with two attached hydrogens (primary N) is 1. The average molecular weight is 265 g/mol. The van der Waals surface area contributed by atoms with Crippen LogP contribution in [0.4, 0.5) is 0 Å². The Labute approximate surface area is 119 Å². The molecule has 0 saturated heterocycles. The van der Waals surface area contributed by atoms with Crippen LogP contribution in [0.5, 0.6) is 5.75 Å². The number of hydrogen-bond acceptors (Lipinski definition) is 2. The van der Waals surface area contributed by atoms with E-state index in [-0.39, 0.29) is 5.41 Å². The number of hydrogen-bond donors (Lipinski definition) is 1. The van der Waals surface area contributed by atoms with Crippen molar-refractivity contribution in [2.75, 3.05) is 0 Å². The van der Waals surface area contributed by atoms with Gasteiger partial charge in [-0.1, -0.05) is 54.5 Å². The van der Waals surface area contributed by atoms with Crippen molar-refractivity contribution in [3.8, 4) is 5.75 Å². The molecule has 0 fully saturated rings. The van der Waals surface area contributed by atoms with Crippen LogP contribution in [0.25, 0.3) is 0 Å². The summed E-state index contributed by atoms with van der Waals surface area (Å²) in [4.78, 5) is 5.17. The van der Waals surface area contributed by atoms with Crippen LogP contribution in [0.3, 0.4) is 0 Å². The molecule has 0 aliphatic rings. The second-order valence-electron chi connectivity index (χ2n) is 5.59. The van der Waals surface area contributed by atoms with Crippen molar-refractivity contribution in [1.29, 1.82) is 0 Å². The van der Waals surface area contributed by atoms with Crippen molar-refractivity contribution in [3.63, 3.8) is 0 Å². The fraction of sp³-hybridized carbons (Fsp3) is 0.647. The first-order valence-corrected chi connectivity index (χ1v) is 7.39. The van der Waals surface area contributed by atoms with Crippen LogP contribution in [-0.4, -0.2) is 0 Å². The van der Waals surface area contributed by atoms with E-state index in [4.69, 9.17) is 10.7 Å². The molecule has 110 valence electrons. The lowest BCUT2D eigenvalue weighted by atomic mass is 9.81. The van der Waals surface area contributed by atoms with Gasteiger partial charge in [0.1, 0.15) is 0 Å². The quantitative estimate of drug-likeness (QED) is 0.804. The summed E-state index contributed by atoms with van der Waals surface area (Å²) in [6.45, 7) is 17.1. The molecule has 0 spiro atoms. The number of rotatable bonds is 3. The molecule has 1 rings (SSSR count). The van der Waals surface area contributed by atoms with Gasteiger partial charge < -0.3 is 4.84 Å². The predicted molar refractivity (Wildman–Crippen MR) is 84.8 cm³/mol. The third kappa shape index (κ3) is 3.97. The highest BCUT2D eigenvalue weighted by Crippen LogP contribution is 2.37. The molecule has 0 amide bonds. The molecule has 1 aromatic carbocycles. The zero-order valence-corrected chi connectivity index (χ0v) is 14.0. The first-order valence-electron chi connectivity index (χ1n) is 7.39. The molecule has 0 atom stereocenters. The number of benzene rings is 1. The van der Waals surface area contributed by atoms with Crippen LogP contribution < -0.4 is 10.7 Å². The van der Waals surface area contributed by atoms with Crippen molar-refractivity contribution in [1.82, 2.24) is 0 Å². The van der Waals surface area contributed by atoms with Crippen LogP contribution in [-0.2, 0) is 18.3 Å². The summed E-state index contributed by atoms with van der Waals surface area (Å²) in [7, 11) is 0. The van der Waals surface area contributed by atoms with E-state index in [0.29, 0.717) is 0 Å². The predicted octanol–water partition coefficient (Wildman–Crippen LogP) is 4.70. The van der Waals surface area contributed by atoms with E-state index in [0.717, 1.165) is 18.6 Å². The topological polar surface area (TPSA) is 35.2 Å².